The zero-order valence-corrected chi connectivity index (χ0v) is 14.9. The number of rotatable bonds is 7. The van der Waals surface area contributed by atoms with E-state index in [-0.39, 0.29) is 5.69 Å². The summed E-state index contributed by atoms with van der Waals surface area (Å²) in [5.74, 6) is 1.02. The maximum absolute atomic E-state index is 11.9. The molecule has 2 heterocycles. The summed E-state index contributed by atoms with van der Waals surface area (Å²) in [6, 6.07) is 10.1. The molecule has 2 aromatic heterocycles. The molecular formula is C19H21N5O2. The van der Waals surface area contributed by atoms with Crippen LogP contribution in [0.2, 0.25) is 0 Å². The van der Waals surface area contributed by atoms with Crippen LogP contribution in [0, 0.1) is 6.92 Å². The lowest BCUT2D eigenvalue weighted by atomic mass is 10.2. The number of carbonyl (C=O) groups is 1. The van der Waals surface area contributed by atoms with E-state index in [1.807, 2.05) is 36.5 Å². The van der Waals surface area contributed by atoms with Crippen LogP contribution in [-0.4, -0.2) is 37.3 Å². The molecule has 0 bridgehead atoms. The van der Waals surface area contributed by atoms with Crippen LogP contribution in [0.4, 0.5) is 0 Å². The van der Waals surface area contributed by atoms with Crippen molar-refractivity contribution < 1.29 is 9.53 Å². The number of aromatic nitrogens is 5. The fourth-order valence-corrected chi connectivity index (χ4v) is 2.66. The molecule has 0 saturated carbocycles. The highest BCUT2D eigenvalue weighted by atomic mass is 16.5. The fourth-order valence-electron chi connectivity index (χ4n) is 2.66. The number of benzene rings is 1. The predicted molar refractivity (Wildman–Crippen MR) is 96.5 cm³/mol. The van der Waals surface area contributed by atoms with Crippen LogP contribution >= 0.6 is 0 Å². The van der Waals surface area contributed by atoms with E-state index in [1.165, 1.54) is 0 Å². The second-order valence-corrected chi connectivity index (χ2v) is 5.80. The topological polar surface area (TPSA) is 82.8 Å². The molecule has 26 heavy (non-hydrogen) atoms. The van der Waals surface area contributed by atoms with E-state index in [0.717, 1.165) is 24.4 Å². The molecule has 0 N–H and O–H groups in total. The molecular weight excluding hydrogens is 330 g/mol. The van der Waals surface area contributed by atoms with E-state index >= 15 is 0 Å². The first-order chi connectivity index (χ1) is 12.7. The minimum Gasteiger partial charge on any atom is -0.461 e. The van der Waals surface area contributed by atoms with Crippen molar-refractivity contribution in [3.8, 4) is 11.4 Å². The number of imidazole rings is 1. The summed E-state index contributed by atoms with van der Waals surface area (Å²) in [6.07, 6.45) is 5.18. The number of hydrogen-bond acceptors (Lipinski definition) is 6. The molecule has 134 valence electrons. The van der Waals surface area contributed by atoms with Gasteiger partial charge in [0.2, 0.25) is 0 Å². The number of ether oxygens (including phenoxy) is 1. The van der Waals surface area contributed by atoms with Gasteiger partial charge in [-0.05, 0) is 20.3 Å². The Labute approximate surface area is 152 Å². The molecule has 0 saturated heterocycles. The molecule has 3 rings (SSSR count). The highest BCUT2D eigenvalue weighted by molar-refractivity contribution is 5.88. The Kier molecular flexibility index (Phi) is 5.68. The maximum Gasteiger partial charge on any atom is 0.358 e. The average molecular weight is 351 g/mol. The number of nitrogens with zero attached hydrogens (tertiary/aromatic N) is 5. The lowest BCUT2D eigenvalue weighted by molar-refractivity contribution is 0.0517. The number of aryl methyl sites for hydroxylation is 3. The van der Waals surface area contributed by atoms with Gasteiger partial charge in [-0.3, -0.25) is 0 Å². The van der Waals surface area contributed by atoms with Crippen molar-refractivity contribution >= 4 is 5.97 Å². The van der Waals surface area contributed by atoms with Gasteiger partial charge in [0.05, 0.1) is 12.3 Å². The molecule has 0 aliphatic rings. The summed E-state index contributed by atoms with van der Waals surface area (Å²) in [4.78, 5) is 20.7. The van der Waals surface area contributed by atoms with Gasteiger partial charge in [0.15, 0.2) is 11.5 Å². The van der Waals surface area contributed by atoms with E-state index in [4.69, 9.17) is 4.74 Å². The molecule has 0 spiro atoms. The summed E-state index contributed by atoms with van der Waals surface area (Å²) in [5, 5.41) is 8.12. The normalized spacial score (nSPS) is 10.7. The molecule has 3 aromatic rings. The Morgan fingerprint density at radius 3 is 2.77 bits per heavy atom. The number of esters is 1. The number of hydrogen-bond donors (Lipinski definition) is 0. The molecule has 0 amide bonds. The zero-order valence-electron chi connectivity index (χ0n) is 14.9. The van der Waals surface area contributed by atoms with Gasteiger partial charge in [0.1, 0.15) is 5.82 Å². The van der Waals surface area contributed by atoms with Crippen molar-refractivity contribution in [3.05, 3.63) is 59.9 Å². The highest BCUT2D eigenvalue weighted by Gasteiger charge is 2.15. The minimum atomic E-state index is -0.456. The third kappa shape index (κ3) is 4.11. The van der Waals surface area contributed by atoms with Crippen molar-refractivity contribution in [2.24, 2.45) is 0 Å². The predicted octanol–water partition coefficient (Wildman–Crippen LogP) is 2.85. The Morgan fingerprint density at radius 2 is 2.00 bits per heavy atom. The summed E-state index contributed by atoms with van der Waals surface area (Å²) >= 11 is 0. The van der Waals surface area contributed by atoms with Gasteiger partial charge in [-0.15, -0.1) is 5.10 Å². The molecule has 0 aliphatic carbocycles. The fraction of sp³-hybridized carbons (Fsp3) is 0.316. The molecule has 1 aromatic carbocycles. The van der Waals surface area contributed by atoms with Crippen LogP contribution in [0.3, 0.4) is 0 Å². The summed E-state index contributed by atoms with van der Waals surface area (Å²) in [7, 11) is 0. The molecule has 0 aliphatic heterocycles. The summed E-state index contributed by atoms with van der Waals surface area (Å²) in [6.45, 7) is 4.54. The Balaban J connectivity index is 1.65. The molecule has 0 fully saturated rings. The third-order valence-corrected chi connectivity index (χ3v) is 3.91. The van der Waals surface area contributed by atoms with E-state index in [9.17, 15) is 4.79 Å². The van der Waals surface area contributed by atoms with E-state index in [0.29, 0.717) is 24.5 Å². The average Bonchev–Trinajstić information content (AvgIpc) is 3.12. The van der Waals surface area contributed by atoms with E-state index in [2.05, 4.69) is 24.7 Å². The largest absolute Gasteiger partial charge is 0.461 e. The van der Waals surface area contributed by atoms with Gasteiger partial charge >= 0.3 is 5.97 Å². The highest BCUT2D eigenvalue weighted by Crippen LogP contribution is 2.17. The van der Waals surface area contributed by atoms with Gasteiger partial charge in [-0.25, -0.2) is 14.8 Å². The molecule has 7 heteroatoms. The van der Waals surface area contributed by atoms with Gasteiger partial charge in [-0.2, -0.15) is 5.10 Å². The Bertz CT molecular complexity index is 877. The van der Waals surface area contributed by atoms with Crippen molar-refractivity contribution in [2.45, 2.75) is 33.2 Å². The summed E-state index contributed by atoms with van der Waals surface area (Å²) in [5.41, 5.74) is 1.80. The van der Waals surface area contributed by atoms with Crippen molar-refractivity contribution in [1.29, 1.82) is 0 Å². The van der Waals surface area contributed by atoms with Crippen LogP contribution in [0.25, 0.3) is 11.4 Å². The monoisotopic (exact) mass is 351 g/mol. The quantitative estimate of drug-likeness (QED) is 0.609. The first-order valence-electron chi connectivity index (χ1n) is 8.63. The summed E-state index contributed by atoms with van der Waals surface area (Å²) < 4.78 is 7.11. The maximum atomic E-state index is 11.9. The second-order valence-electron chi connectivity index (χ2n) is 5.80. The molecule has 0 radical (unpaired) electrons. The van der Waals surface area contributed by atoms with Gasteiger partial charge in [0.25, 0.3) is 0 Å². The smallest absolute Gasteiger partial charge is 0.358 e. The lowest BCUT2D eigenvalue weighted by Gasteiger charge is -2.08. The van der Waals surface area contributed by atoms with E-state index < -0.39 is 5.97 Å². The standard InChI is InChI=1S/C19H21N5O2/c1-3-26-19(25)17-14(2)22-23-16(21-17)10-7-12-24-13-11-20-18(24)15-8-5-4-6-9-15/h4-6,8-9,11,13H,3,7,10,12H2,1-2H3. The van der Waals surface area contributed by atoms with Crippen LogP contribution in [0.15, 0.2) is 42.7 Å². The van der Waals surface area contributed by atoms with Crippen LogP contribution in [0.1, 0.15) is 35.4 Å². The Morgan fingerprint density at radius 1 is 1.19 bits per heavy atom. The zero-order chi connectivity index (χ0) is 18.4. The first-order valence-corrected chi connectivity index (χ1v) is 8.63. The van der Waals surface area contributed by atoms with Gasteiger partial charge in [-0.1, -0.05) is 30.3 Å². The van der Waals surface area contributed by atoms with Gasteiger partial charge in [0, 0.05) is 30.9 Å². The van der Waals surface area contributed by atoms with E-state index in [1.54, 1.807) is 20.0 Å². The molecule has 7 nitrogen and oxygen atoms in total. The molecule has 0 atom stereocenters. The van der Waals surface area contributed by atoms with Crippen LogP contribution in [0.5, 0.6) is 0 Å². The lowest BCUT2D eigenvalue weighted by Crippen LogP contribution is -2.14. The van der Waals surface area contributed by atoms with Crippen molar-refractivity contribution in [3.63, 3.8) is 0 Å². The SMILES string of the molecule is CCOC(=O)c1nc(CCCn2ccnc2-c2ccccc2)nnc1C. The Hall–Kier alpha value is -3.09. The van der Waals surface area contributed by atoms with Crippen LogP contribution in [-0.2, 0) is 17.7 Å². The second kappa shape index (κ2) is 8.33. The first kappa shape index (κ1) is 17.7. The minimum absolute atomic E-state index is 0.240. The van der Waals surface area contributed by atoms with Gasteiger partial charge < -0.3 is 9.30 Å². The van der Waals surface area contributed by atoms with Crippen molar-refractivity contribution in [1.82, 2.24) is 24.7 Å². The number of carbonyl (C=O) groups excluding carboxylic acids is 1. The molecule has 0 unspecified atom stereocenters. The van der Waals surface area contributed by atoms with Crippen molar-refractivity contribution in [2.75, 3.05) is 6.61 Å². The van der Waals surface area contributed by atoms with Crippen LogP contribution < -0.4 is 0 Å². The third-order valence-electron chi connectivity index (χ3n) is 3.91.